The highest BCUT2D eigenvalue weighted by Gasteiger charge is 2.24. The number of nitrogens with one attached hydrogen (secondary N) is 1. The van der Waals surface area contributed by atoms with E-state index in [-0.39, 0.29) is 5.91 Å². The quantitative estimate of drug-likeness (QED) is 0.821. The number of nitrogens with zero attached hydrogens (tertiary/aromatic N) is 3. The van der Waals surface area contributed by atoms with Gasteiger partial charge in [-0.1, -0.05) is 30.3 Å². The number of aryl methyl sites for hydroxylation is 1. The molecule has 0 aliphatic carbocycles. The van der Waals surface area contributed by atoms with Gasteiger partial charge >= 0.3 is 0 Å². The average Bonchev–Trinajstić information content (AvgIpc) is 3.23. The fraction of sp³-hybridized carbons (Fsp3) is 0.458. The predicted octanol–water partition coefficient (Wildman–Crippen LogP) is 2.76. The lowest BCUT2D eigenvalue weighted by atomic mass is 10.1. The van der Waals surface area contributed by atoms with E-state index in [1.54, 1.807) is 0 Å². The fourth-order valence-corrected chi connectivity index (χ4v) is 4.38. The summed E-state index contributed by atoms with van der Waals surface area (Å²) in [6.45, 7) is 9.36. The van der Waals surface area contributed by atoms with E-state index in [2.05, 4.69) is 81.5 Å². The molecule has 2 aliphatic rings. The molecule has 2 aromatic carbocycles. The molecule has 2 heterocycles. The van der Waals surface area contributed by atoms with Gasteiger partial charge in [-0.05, 0) is 49.1 Å². The Balaban J connectivity index is 1.16. The van der Waals surface area contributed by atoms with Crippen LogP contribution in [0.4, 0.5) is 11.4 Å². The van der Waals surface area contributed by atoms with Crippen LogP contribution in [-0.4, -0.2) is 63.2 Å². The van der Waals surface area contributed by atoms with Crippen molar-refractivity contribution in [3.8, 4) is 0 Å². The zero-order chi connectivity index (χ0) is 20.1. The Morgan fingerprint density at radius 1 is 0.931 bits per heavy atom. The number of rotatable bonds is 6. The van der Waals surface area contributed by atoms with Crippen LogP contribution in [-0.2, 0) is 4.79 Å². The molecule has 2 fully saturated rings. The topological polar surface area (TPSA) is 38.8 Å². The van der Waals surface area contributed by atoms with Gasteiger partial charge in [-0.3, -0.25) is 9.69 Å². The molecule has 1 amide bonds. The average molecular weight is 393 g/mol. The predicted molar refractivity (Wildman–Crippen MR) is 120 cm³/mol. The summed E-state index contributed by atoms with van der Waals surface area (Å²) >= 11 is 0. The van der Waals surface area contributed by atoms with E-state index >= 15 is 0 Å². The summed E-state index contributed by atoms with van der Waals surface area (Å²) in [4.78, 5) is 19.5. The second kappa shape index (κ2) is 9.31. The molecule has 1 N–H and O–H groups in total. The normalized spacial score (nSPS) is 20.1. The van der Waals surface area contributed by atoms with Gasteiger partial charge < -0.3 is 15.1 Å². The number of amides is 1. The van der Waals surface area contributed by atoms with Gasteiger partial charge in [0.15, 0.2) is 0 Å². The molecule has 5 nitrogen and oxygen atoms in total. The van der Waals surface area contributed by atoms with Crippen molar-refractivity contribution in [3.05, 3.63) is 60.2 Å². The second-order valence-corrected chi connectivity index (χ2v) is 8.34. The lowest BCUT2D eigenvalue weighted by Crippen LogP contribution is -2.49. The highest BCUT2D eigenvalue weighted by Crippen LogP contribution is 2.23. The lowest BCUT2D eigenvalue weighted by molar-refractivity contribution is -0.122. The van der Waals surface area contributed by atoms with Gasteiger partial charge in [-0.2, -0.15) is 0 Å². The zero-order valence-electron chi connectivity index (χ0n) is 17.4. The maximum Gasteiger partial charge on any atom is 0.234 e. The lowest BCUT2D eigenvalue weighted by Gasteiger charge is -2.35. The molecule has 0 saturated carbocycles. The van der Waals surface area contributed by atoms with Crippen LogP contribution in [0.15, 0.2) is 54.6 Å². The van der Waals surface area contributed by atoms with Crippen molar-refractivity contribution >= 4 is 17.3 Å². The first-order valence-corrected chi connectivity index (χ1v) is 10.8. The summed E-state index contributed by atoms with van der Waals surface area (Å²) in [6.07, 6.45) is 1.14. The fourth-order valence-electron chi connectivity index (χ4n) is 4.38. The molecule has 1 atom stereocenters. The van der Waals surface area contributed by atoms with Crippen LogP contribution in [0.2, 0.25) is 0 Å². The molecule has 4 rings (SSSR count). The molecule has 1 unspecified atom stereocenters. The van der Waals surface area contributed by atoms with Gasteiger partial charge in [0.2, 0.25) is 5.91 Å². The highest BCUT2D eigenvalue weighted by molar-refractivity contribution is 5.78. The number of para-hydroxylation sites is 1. The van der Waals surface area contributed by atoms with E-state index in [9.17, 15) is 4.79 Å². The number of hydrogen-bond donors (Lipinski definition) is 1. The van der Waals surface area contributed by atoms with Gasteiger partial charge in [0.25, 0.3) is 0 Å². The number of benzene rings is 2. The third-order valence-electron chi connectivity index (χ3n) is 6.10. The first-order chi connectivity index (χ1) is 14.2. The van der Waals surface area contributed by atoms with Crippen LogP contribution in [0.5, 0.6) is 0 Å². The molecular weight excluding hydrogens is 360 g/mol. The Morgan fingerprint density at radius 3 is 2.45 bits per heavy atom. The minimum atomic E-state index is 0.159. The molecule has 2 saturated heterocycles. The smallest absolute Gasteiger partial charge is 0.234 e. The van der Waals surface area contributed by atoms with Crippen molar-refractivity contribution < 1.29 is 4.79 Å². The van der Waals surface area contributed by atoms with Crippen LogP contribution in [0, 0.1) is 12.8 Å². The van der Waals surface area contributed by atoms with Gasteiger partial charge in [-0.25, -0.2) is 0 Å². The Bertz CT molecular complexity index is 802. The van der Waals surface area contributed by atoms with E-state index in [0.717, 1.165) is 52.2 Å². The second-order valence-electron chi connectivity index (χ2n) is 8.34. The van der Waals surface area contributed by atoms with E-state index in [4.69, 9.17) is 0 Å². The summed E-state index contributed by atoms with van der Waals surface area (Å²) in [7, 11) is 0. The first-order valence-electron chi connectivity index (χ1n) is 10.8. The molecule has 5 heteroatoms. The molecule has 0 aromatic heterocycles. The molecule has 29 heavy (non-hydrogen) atoms. The Kier molecular flexibility index (Phi) is 6.35. The Hall–Kier alpha value is -2.53. The van der Waals surface area contributed by atoms with Gasteiger partial charge in [0, 0.05) is 57.2 Å². The summed E-state index contributed by atoms with van der Waals surface area (Å²) in [5.74, 6) is 0.699. The van der Waals surface area contributed by atoms with E-state index < -0.39 is 0 Å². The largest absolute Gasteiger partial charge is 0.371 e. The van der Waals surface area contributed by atoms with Gasteiger partial charge in [0.05, 0.1) is 6.54 Å². The van der Waals surface area contributed by atoms with E-state index in [1.807, 2.05) is 0 Å². The number of hydrogen-bond acceptors (Lipinski definition) is 4. The van der Waals surface area contributed by atoms with Crippen molar-refractivity contribution in [1.82, 2.24) is 10.2 Å². The Morgan fingerprint density at radius 2 is 1.69 bits per heavy atom. The van der Waals surface area contributed by atoms with E-state index in [1.165, 1.54) is 16.9 Å². The van der Waals surface area contributed by atoms with E-state index in [0.29, 0.717) is 12.5 Å². The van der Waals surface area contributed by atoms with Crippen molar-refractivity contribution in [3.63, 3.8) is 0 Å². The van der Waals surface area contributed by atoms with Crippen LogP contribution >= 0.6 is 0 Å². The maximum absolute atomic E-state index is 12.4. The SMILES string of the molecule is Cc1cccc(N2CCN(CC(=O)NCC3CCN(c4ccccc4)C3)CC2)c1. The summed E-state index contributed by atoms with van der Waals surface area (Å²) in [6, 6.07) is 19.2. The minimum absolute atomic E-state index is 0.159. The van der Waals surface area contributed by atoms with Crippen LogP contribution in [0.3, 0.4) is 0 Å². The van der Waals surface area contributed by atoms with Crippen molar-refractivity contribution in [2.75, 3.05) is 62.2 Å². The molecule has 0 bridgehead atoms. The van der Waals surface area contributed by atoms with Crippen LogP contribution in [0.25, 0.3) is 0 Å². The van der Waals surface area contributed by atoms with Crippen molar-refractivity contribution in [2.45, 2.75) is 13.3 Å². The summed E-state index contributed by atoms with van der Waals surface area (Å²) < 4.78 is 0. The third-order valence-corrected chi connectivity index (χ3v) is 6.10. The van der Waals surface area contributed by atoms with Crippen molar-refractivity contribution in [2.24, 2.45) is 5.92 Å². The summed E-state index contributed by atoms with van der Waals surface area (Å²) in [5.41, 5.74) is 3.87. The molecular formula is C24H32N4O. The van der Waals surface area contributed by atoms with Gasteiger partial charge in [0.1, 0.15) is 0 Å². The minimum Gasteiger partial charge on any atom is -0.371 e. The molecule has 154 valence electrons. The number of anilines is 2. The molecule has 2 aromatic rings. The first kappa shape index (κ1) is 19.8. The third kappa shape index (κ3) is 5.30. The van der Waals surface area contributed by atoms with Crippen LogP contribution < -0.4 is 15.1 Å². The monoisotopic (exact) mass is 392 g/mol. The molecule has 2 aliphatic heterocycles. The summed E-state index contributed by atoms with van der Waals surface area (Å²) in [5, 5.41) is 3.17. The zero-order valence-corrected chi connectivity index (χ0v) is 17.4. The number of carbonyl (C=O) groups is 1. The Labute approximate surface area is 174 Å². The number of carbonyl (C=O) groups excluding carboxylic acids is 1. The maximum atomic E-state index is 12.4. The number of piperazine rings is 1. The van der Waals surface area contributed by atoms with Crippen molar-refractivity contribution in [1.29, 1.82) is 0 Å². The molecule has 0 spiro atoms. The highest BCUT2D eigenvalue weighted by atomic mass is 16.2. The standard InChI is InChI=1S/C24H32N4O/c1-20-6-5-9-23(16-20)27-14-12-26(13-15-27)19-24(29)25-17-21-10-11-28(18-21)22-7-3-2-4-8-22/h2-9,16,21H,10-15,17-19H2,1H3,(H,25,29). The molecule has 0 radical (unpaired) electrons. The van der Waals surface area contributed by atoms with Gasteiger partial charge in [-0.15, -0.1) is 0 Å². The van der Waals surface area contributed by atoms with Crippen LogP contribution in [0.1, 0.15) is 12.0 Å².